The minimum Gasteiger partial charge on any atom is -0.271 e. The minimum atomic E-state index is 0.317. The van der Waals surface area contributed by atoms with Crippen LogP contribution >= 0.6 is 27.3 Å². The molecule has 0 saturated carbocycles. The summed E-state index contributed by atoms with van der Waals surface area (Å²) in [5.41, 5.74) is 2.92. The Morgan fingerprint density at radius 2 is 2.00 bits per heavy atom. The van der Waals surface area contributed by atoms with Gasteiger partial charge in [0.15, 0.2) is 0 Å². The zero-order valence-corrected chi connectivity index (χ0v) is 12.9. The van der Waals surface area contributed by atoms with E-state index in [0.29, 0.717) is 6.04 Å². The molecule has 3 N–H and O–H groups in total. The topological polar surface area (TPSA) is 38.0 Å². The molecule has 0 bridgehead atoms. The molecule has 0 aliphatic carbocycles. The first kappa shape index (κ1) is 15.2. The average molecular weight is 319 g/mol. The van der Waals surface area contributed by atoms with Gasteiger partial charge < -0.3 is 0 Å². The van der Waals surface area contributed by atoms with E-state index in [-0.39, 0.29) is 0 Å². The van der Waals surface area contributed by atoms with Crippen molar-refractivity contribution in [3.63, 3.8) is 0 Å². The predicted octanol–water partition coefficient (Wildman–Crippen LogP) is 4.77. The van der Waals surface area contributed by atoms with E-state index < -0.39 is 0 Å². The quantitative estimate of drug-likeness (QED) is 0.391. The van der Waals surface area contributed by atoms with Gasteiger partial charge in [-0.2, -0.15) is 0 Å². The van der Waals surface area contributed by atoms with Gasteiger partial charge in [0.25, 0.3) is 0 Å². The molecule has 1 aromatic rings. The van der Waals surface area contributed by atoms with Gasteiger partial charge in [-0.25, -0.2) is 0 Å². The van der Waals surface area contributed by atoms with Gasteiger partial charge in [-0.05, 0) is 28.4 Å². The molecule has 1 aromatic heterocycles. The van der Waals surface area contributed by atoms with Crippen molar-refractivity contribution < 1.29 is 0 Å². The third kappa shape index (κ3) is 6.00. The third-order valence-electron chi connectivity index (χ3n) is 2.98. The average Bonchev–Trinajstić information content (AvgIpc) is 2.75. The van der Waals surface area contributed by atoms with Crippen LogP contribution < -0.4 is 11.3 Å². The Labute approximate surface area is 117 Å². The molecule has 4 heteroatoms. The zero-order chi connectivity index (χ0) is 12.5. The van der Waals surface area contributed by atoms with Gasteiger partial charge >= 0.3 is 0 Å². The summed E-state index contributed by atoms with van der Waals surface area (Å²) < 4.78 is 1.15. The van der Waals surface area contributed by atoms with Crippen molar-refractivity contribution in [2.75, 3.05) is 0 Å². The second-order valence-corrected chi connectivity index (χ2v) is 6.30. The van der Waals surface area contributed by atoms with Crippen molar-refractivity contribution in [1.82, 2.24) is 5.43 Å². The van der Waals surface area contributed by atoms with Gasteiger partial charge in [0, 0.05) is 14.7 Å². The van der Waals surface area contributed by atoms with E-state index in [4.69, 9.17) is 5.84 Å². The first-order chi connectivity index (χ1) is 8.27. The van der Waals surface area contributed by atoms with E-state index in [2.05, 4.69) is 39.7 Å². The monoisotopic (exact) mass is 318 g/mol. The SMILES string of the molecule is CCCCCCCCC(NN)c1cc(Br)cs1. The first-order valence-electron chi connectivity index (χ1n) is 6.48. The number of nitrogens with two attached hydrogens (primary N) is 1. The number of unbranched alkanes of at least 4 members (excludes halogenated alkanes) is 5. The molecule has 1 rings (SSSR count). The fourth-order valence-electron chi connectivity index (χ4n) is 1.95. The summed E-state index contributed by atoms with van der Waals surface area (Å²) in [6, 6.07) is 2.48. The Morgan fingerprint density at radius 3 is 2.59 bits per heavy atom. The number of rotatable bonds is 9. The lowest BCUT2D eigenvalue weighted by Gasteiger charge is -2.13. The number of nitrogens with one attached hydrogen (secondary N) is 1. The lowest BCUT2D eigenvalue weighted by molar-refractivity contribution is 0.482. The van der Waals surface area contributed by atoms with Gasteiger partial charge in [0.1, 0.15) is 0 Å². The predicted molar refractivity (Wildman–Crippen MR) is 80.1 cm³/mol. The fraction of sp³-hybridized carbons (Fsp3) is 0.692. The van der Waals surface area contributed by atoms with Crippen LogP contribution in [0, 0.1) is 0 Å². The molecule has 1 heterocycles. The van der Waals surface area contributed by atoms with Crippen molar-refractivity contribution in [3.8, 4) is 0 Å². The van der Waals surface area contributed by atoms with Crippen LogP contribution in [0.4, 0.5) is 0 Å². The van der Waals surface area contributed by atoms with Gasteiger partial charge in [-0.1, -0.05) is 45.4 Å². The molecular weight excluding hydrogens is 296 g/mol. The summed E-state index contributed by atoms with van der Waals surface area (Å²) >= 11 is 5.25. The number of halogens is 1. The highest BCUT2D eigenvalue weighted by Crippen LogP contribution is 2.28. The molecule has 0 aliphatic heterocycles. The molecule has 0 aromatic carbocycles. The van der Waals surface area contributed by atoms with E-state index in [1.165, 1.54) is 43.4 Å². The standard InChI is InChI=1S/C13H23BrN2S/c1-2-3-4-5-6-7-8-12(16-15)13-9-11(14)10-17-13/h9-10,12,16H,2-8,15H2,1H3. The highest BCUT2D eigenvalue weighted by molar-refractivity contribution is 9.10. The molecular formula is C13H23BrN2S. The molecule has 0 fully saturated rings. The molecule has 1 unspecified atom stereocenters. The first-order valence-corrected chi connectivity index (χ1v) is 8.15. The normalized spacial score (nSPS) is 12.9. The summed E-state index contributed by atoms with van der Waals surface area (Å²) in [5.74, 6) is 5.62. The van der Waals surface area contributed by atoms with Crippen molar-refractivity contribution in [1.29, 1.82) is 0 Å². The smallest absolute Gasteiger partial charge is 0.0553 e. The zero-order valence-electron chi connectivity index (χ0n) is 10.5. The third-order valence-corrected chi connectivity index (χ3v) is 4.79. The van der Waals surface area contributed by atoms with E-state index in [1.807, 2.05) is 0 Å². The maximum absolute atomic E-state index is 5.62. The van der Waals surface area contributed by atoms with Gasteiger partial charge in [-0.3, -0.25) is 11.3 Å². The molecule has 0 amide bonds. The van der Waals surface area contributed by atoms with Crippen molar-refractivity contribution in [2.45, 2.75) is 57.9 Å². The number of hydrazine groups is 1. The van der Waals surface area contributed by atoms with Crippen LogP contribution in [0.5, 0.6) is 0 Å². The van der Waals surface area contributed by atoms with Crippen LogP contribution in [0.15, 0.2) is 15.9 Å². The maximum Gasteiger partial charge on any atom is 0.0553 e. The summed E-state index contributed by atoms with van der Waals surface area (Å²) in [7, 11) is 0. The fourth-order valence-corrected chi connectivity index (χ4v) is 3.49. The Bertz CT molecular complexity index is 301. The number of thiophene rings is 1. The van der Waals surface area contributed by atoms with Gasteiger partial charge in [0.05, 0.1) is 6.04 Å². The van der Waals surface area contributed by atoms with Crippen molar-refractivity contribution in [2.24, 2.45) is 5.84 Å². The Morgan fingerprint density at radius 1 is 1.29 bits per heavy atom. The maximum atomic E-state index is 5.62. The molecule has 17 heavy (non-hydrogen) atoms. The lowest BCUT2D eigenvalue weighted by atomic mass is 10.1. The highest BCUT2D eigenvalue weighted by Gasteiger charge is 2.11. The lowest BCUT2D eigenvalue weighted by Crippen LogP contribution is -2.27. The summed E-state index contributed by atoms with van der Waals surface area (Å²) in [6.07, 6.45) is 9.14. The Kier molecular flexibility index (Phi) is 8.10. The van der Waals surface area contributed by atoms with Gasteiger partial charge in [-0.15, -0.1) is 11.3 Å². The molecule has 0 aliphatic rings. The van der Waals surface area contributed by atoms with Crippen LogP contribution in [-0.2, 0) is 0 Å². The number of hydrogen-bond acceptors (Lipinski definition) is 3. The second-order valence-electron chi connectivity index (χ2n) is 4.44. The molecule has 1 atom stereocenters. The summed E-state index contributed by atoms with van der Waals surface area (Å²) in [6.45, 7) is 2.25. The van der Waals surface area contributed by atoms with Crippen molar-refractivity contribution >= 4 is 27.3 Å². The summed E-state index contributed by atoms with van der Waals surface area (Å²) in [5, 5.41) is 2.11. The molecule has 0 saturated heterocycles. The second kappa shape index (κ2) is 9.09. The van der Waals surface area contributed by atoms with Crippen LogP contribution in [0.1, 0.15) is 62.8 Å². The molecule has 0 radical (unpaired) electrons. The van der Waals surface area contributed by atoms with Gasteiger partial charge in [0.2, 0.25) is 0 Å². The Hall–Kier alpha value is 0.1000. The largest absolute Gasteiger partial charge is 0.271 e. The van der Waals surface area contributed by atoms with E-state index in [0.717, 1.165) is 10.9 Å². The summed E-state index contributed by atoms with van der Waals surface area (Å²) in [4.78, 5) is 1.33. The van der Waals surface area contributed by atoms with E-state index in [9.17, 15) is 0 Å². The molecule has 0 spiro atoms. The molecule has 2 nitrogen and oxygen atoms in total. The molecule has 98 valence electrons. The number of hydrogen-bond donors (Lipinski definition) is 2. The van der Waals surface area contributed by atoms with Crippen LogP contribution in [-0.4, -0.2) is 0 Å². The van der Waals surface area contributed by atoms with Crippen LogP contribution in [0.2, 0.25) is 0 Å². The van der Waals surface area contributed by atoms with Crippen molar-refractivity contribution in [3.05, 3.63) is 20.8 Å². The Balaban J connectivity index is 2.19. The highest BCUT2D eigenvalue weighted by atomic mass is 79.9. The van der Waals surface area contributed by atoms with E-state index >= 15 is 0 Å². The van der Waals surface area contributed by atoms with Crippen LogP contribution in [0.3, 0.4) is 0 Å². The minimum absolute atomic E-state index is 0.317. The van der Waals surface area contributed by atoms with Crippen LogP contribution in [0.25, 0.3) is 0 Å². The van der Waals surface area contributed by atoms with E-state index in [1.54, 1.807) is 11.3 Å².